The van der Waals surface area contributed by atoms with Gasteiger partial charge in [-0.1, -0.05) is 175 Å². The van der Waals surface area contributed by atoms with Crippen LogP contribution in [0.15, 0.2) is 97.2 Å². The number of carbonyl (C=O) groups is 3. The van der Waals surface area contributed by atoms with Crippen LogP contribution in [0.5, 0.6) is 0 Å². The van der Waals surface area contributed by atoms with Gasteiger partial charge in [0.15, 0.2) is 12.1 Å². The first-order chi connectivity index (χ1) is 30.6. The van der Waals surface area contributed by atoms with Gasteiger partial charge in [-0.25, -0.2) is 4.79 Å². The van der Waals surface area contributed by atoms with Crippen molar-refractivity contribution >= 4 is 17.9 Å². The number of rotatable bonds is 43. The number of unbranched alkanes of at least 4 members (excludes halogenated alkanes) is 14. The number of carboxylic acids is 1. The minimum Gasteiger partial charge on any atom is -0.477 e. The van der Waals surface area contributed by atoms with E-state index in [1.165, 1.54) is 77.0 Å². The van der Waals surface area contributed by atoms with Gasteiger partial charge in [-0.3, -0.25) is 9.59 Å². The number of ether oxygens (including phenoxy) is 3. The number of allylic oxidation sites excluding steroid dienone is 16. The maximum absolute atomic E-state index is 12.8. The van der Waals surface area contributed by atoms with Gasteiger partial charge < -0.3 is 23.8 Å². The number of carbonyl (C=O) groups excluding carboxylic acids is 2. The normalized spacial score (nSPS) is 13.7. The van der Waals surface area contributed by atoms with E-state index in [0.717, 1.165) is 64.2 Å². The summed E-state index contributed by atoms with van der Waals surface area (Å²) in [6.45, 7) is 4.52. The summed E-state index contributed by atoms with van der Waals surface area (Å²) < 4.78 is 17.3. The Morgan fingerprint density at radius 1 is 0.508 bits per heavy atom. The van der Waals surface area contributed by atoms with E-state index < -0.39 is 18.1 Å². The molecular weight excluding hydrogens is 787 g/mol. The van der Waals surface area contributed by atoms with Crippen molar-refractivity contribution in [2.45, 2.75) is 193 Å². The van der Waals surface area contributed by atoms with E-state index in [1.807, 2.05) is 21.1 Å². The Bertz CT molecular complexity index is 1350. The second-order valence-electron chi connectivity index (χ2n) is 17.4. The van der Waals surface area contributed by atoms with E-state index in [9.17, 15) is 19.5 Å². The molecule has 0 fully saturated rings. The fourth-order valence-electron chi connectivity index (χ4n) is 6.68. The van der Waals surface area contributed by atoms with Gasteiger partial charge in [0.25, 0.3) is 0 Å². The van der Waals surface area contributed by atoms with Crippen LogP contribution in [0.25, 0.3) is 0 Å². The Morgan fingerprint density at radius 3 is 1.44 bits per heavy atom. The molecule has 2 atom stereocenters. The lowest BCUT2D eigenvalue weighted by molar-refractivity contribution is -0.887. The van der Waals surface area contributed by atoms with E-state index in [4.69, 9.17) is 14.2 Å². The molecule has 0 saturated carbocycles. The van der Waals surface area contributed by atoms with Crippen LogP contribution < -0.4 is 0 Å². The van der Waals surface area contributed by atoms with Crippen molar-refractivity contribution in [1.82, 2.24) is 0 Å². The number of esters is 2. The van der Waals surface area contributed by atoms with Crippen molar-refractivity contribution in [3.05, 3.63) is 97.2 Å². The first kappa shape index (κ1) is 59.2. The second-order valence-corrected chi connectivity index (χ2v) is 17.4. The Balaban J connectivity index is 4.40. The quantitative estimate of drug-likeness (QED) is 0.0214. The molecule has 0 aliphatic heterocycles. The molecule has 0 rings (SSSR count). The zero-order valence-electron chi connectivity index (χ0n) is 40.7. The van der Waals surface area contributed by atoms with Crippen LogP contribution in [0.1, 0.15) is 181 Å². The molecular formula is C55H92NO7+. The molecule has 0 aliphatic rings. The molecule has 0 spiro atoms. The highest BCUT2D eigenvalue weighted by atomic mass is 16.6. The molecule has 0 aliphatic carbocycles. The summed E-state index contributed by atoms with van der Waals surface area (Å²) in [6, 6.07) is -0.631. The Kier molecular flexibility index (Phi) is 42.2. The van der Waals surface area contributed by atoms with Gasteiger partial charge >= 0.3 is 17.9 Å². The SMILES string of the molecule is CC/C=C/C/C=C/C/C=C/C/C=C/C/C=C/C/C=C/CCCC(=O)OC(COCCC(C(=O)O)[N+](C)(C)C)COC(=O)CCCCCCCCCCCC/C=C/C=C/CCCCC. The average molecular weight is 879 g/mol. The van der Waals surface area contributed by atoms with Gasteiger partial charge in [-0.2, -0.15) is 0 Å². The van der Waals surface area contributed by atoms with E-state index in [2.05, 4.69) is 111 Å². The minimum atomic E-state index is -0.888. The lowest BCUT2D eigenvalue weighted by Crippen LogP contribution is -2.50. The van der Waals surface area contributed by atoms with Gasteiger partial charge in [0.1, 0.15) is 6.61 Å². The molecule has 0 saturated heterocycles. The molecule has 63 heavy (non-hydrogen) atoms. The lowest BCUT2D eigenvalue weighted by Gasteiger charge is -2.31. The molecule has 0 aromatic rings. The molecule has 0 aromatic heterocycles. The number of carboxylic acid groups (broad SMARTS) is 1. The fraction of sp³-hybridized carbons (Fsp3) is 0.655. The first-order valence-corrected chi connectivity index (χ1v) is 24.8. The summed E-state index contributed by atoms with van der Waals surface area (Å²) >= 11 is 0. The van der Waals surface area contributed by atoms with Gasteiger partial charge in [-0.05, 0) is 83.5 Å². The van der Waals surface area contributed by atoms with Crippen LogP contribution in [-0.4, -0.2) is 80.6 Å². The molecule has 1 N–H and O–H groups in total. The van der Waals surface area contributed by atoms with Crippen LogP contribution in [0.3, 0.4) is 0 Å². The number of aliphatic carboxylic acids is 1. The molecule has 0 bridgehead atoms. The summed E-state index contributed by atoms with van der Waals surface area (Å²) in [6.07, 6.45) is 60.3. The summed E-state index contributed by atoms with van der Waals surface area (Å²) in [5.74, 6) is -1.56. The zero-order valence-corrected chi connectivity index (χ0v) is 40.7. The second kappa shape index (κ2) is 44.8. The third kappa shape index (κ3) is 43.3. The third-order valence-electron chi connectivity index (χ3n) is 10.5. The van der Waals surface area contributed by atoms with Crippen LogP contribution >= 0.6 is 0 Å². The van der Waals surface area contributed by atoms with Crippen molar-refractivity contribution in [3.63, 3.8) is 0 Å². The summed E-state index contributed by atoms with van der Waals surface area (Å²) in [5.41, 5.74) is 0. The third-order valence-corrected chi connectivity index (χ3v) is 10.5. The maximum Gasteiger partial charge on any atom is 0.362 e. The predicted octanol–water partition coefficient (Wildman–Crippen LogP) is 14.2. The van der Waals surface area contributed by atoms with Crippen LogP contribution in [0, 0.1) is 0 Å². The average Bonchev–Trinajstić information content (AvgIpc) is 3.24. The molecule has 2 unspecified atom stereocenters. The molecule has 0 amide bonds. The minimum absolute atomic E-state index is 0.0313. The van der Waals surface area contributed by atoms with Crippen molar-refractivity contribution < 1.29 is 38.2 Å². The highest BCUT2D eigenvalue weighted by Gasteiger charge is 2.31. The Labute approximate surface area is 386 Å². The highest BCUT2D eigenvalue weighted by molar-refractivity contribution is 5.72. The standard InChI is InChI=1S/C55H91NO7/c1-6-8-10-12-14-16-18-20-22-24-26-28-30-32-34-36-38-40-42-44-46-54(58)63-51(49-61-48-47-52(55(59)60)56(3,4)5)50-62-53(57)45-43-41-39-37-35-33-31-29-27-25-23-21-19-17-15-13-11-9-7-2/h8,10,14-17,19-22,26,28,32,34,38,40,51-52H,6-7,9,11-13,18,23-25,27,29-31,33,35-37,39,41-50H2,1-5H3/p+1/b10-8+,16-14+,17-15+,21-19+,22-20+,28-26+,34-32+,40-38+. The van der Waals surface area contributed by atoms with E-state index in [-0.39, 0.29) is 42.7 Å². The summed E-state index contributed by atoms with van der Waals surface area (Å²) in [5, 5.41) is 9.65. The fourth-order valence-corrected chi connectivity index (χ4v) is 6.68. The number of hydrogen-bond acceptors (Lipinski definition) is 6. The van der Waals surface area contributed by atoms with E-state index in [0.29, 0.717) is 19.3 Å². The molecule has 0 heterocycles. The van der Waals surface area contributed by atoms with Crippen molar-refractivity contribution in [2.24, 2.45) is 0 Å². The number of quaternary nitrogens is 1. The lowest BCUT2D eigenvalue weighted by atomic mass is 10.1. The molecule has 8 nitrogen and oxygen atoms in total. The van der Waals surface area contributed by atoms with Gasteiger partial charge in [0.2, 0.25) is 0 Å². The monoisotopic (exact) mass is 879 g/mol. The Morgan fingerprint density at radius 2 is 0.952 bits per heavy atom. The van der Waals surface area contributed by atoms with Crippen LogP contribution in [0.2, 0.25) is 0 Å². The topological polar surface area (TPSA) is 99.1 Å². The van der Waals surface area contributed by atoms with Crippen LogP contribution in [-0.2, 0) is 28.6 Å². The number of nitrogens with zero attached hydrogens (tertiary/aromatic N) is 1. The number of likely N-dealkylation sites (N-methyl/N-ethyl adjacent to an activating group) is 1. The van der Waals surface area contributed by atoms with Gasteiger partial charge in [-0.15, -0.1) is 0 Å². The smallest absolute Gasteiger partial charge is 0.362 e. The summed E-state index contributed by atoms with van der Waals surface area (Å²) in [4.78, 5) is 37.1. The molecule has 0 radical (unpaired) electrons. The van der Waals surface area contributed by atoms with Gasteiger partial charge in [0, 0.05) is 19.3 Å². The highest BCUT2D eigenvalue weighted by Crippen LogP contribution is 2.14. The van der Waals surface area contributed by atoms with Gasteiger partial charge in [0.05, 0.1) is 34.4 Å². The maximum atomic E-state index is 12.8. The zero-order chi connectivity index (χ0) is 46.3. The van der Waals surface area contributed by atoms with Crippen LogP contribution in [0.4, 0.5) is 0 Å². The molecule has 0 aromatic carbocycles. The van der Waals surface area contributed by atoms with E-state index in [1.54, 1.807) is 0 Å². The largest absolute Gasteiger partial charge is 0.477 e. The predicted molar refractivity (Wildman–Crippen MR) is 266 cm³/mol. The molecule has 358 valence electrons. The van der Waals surface area contributed by atoms with Crippen molar-refractivity contribution in [3.8, 4) is 0 Å². The molecule has 8 heteroatoms. The number of hydrogen-bond donors (Lipinski definition) is 1. The van der Waals surface area contributed by atoms with Crippen molar-refractivity contribution in [1.29, 1.82) is 0 Å². The summed E-state index contributed by atoms with van der Waals surface area (Å²) in [7, 11) is 5.50. The first-order valence-electron chi connectivity index (χ1n) is 24.8. The Hall–Kier alpha value is -3.75. The van der Waals surface area contributed by atoms with Crippen molar-refractivity contribution in [2.75, 3.05) is 41.0 Å². The van der Waals surface area contributed by atoms with E-state index >= 15 is 0 Å².